The van der Waals surface area contributed by atoms with Crippen molar-refractivity contribution in [3.05, 3.63) is 35.4 Å². The third-order valence-corrected chi connectivity index (χ3v) is 3.83. The maximum absolute atomic E-state index is 12.5. The monoisotopic (exact) mass is 487 g/mol. The number of nitrogens with zero attached hydrogens (tertiary/aromatic N) is 1. The second-order valence-electron chi connectivity index (χ2n) is 5.76. The van der Waals surface area contributed by atoms with Gasteiger partial charge >= 0.3 is 6.18 Å². The Morgan fingerprint density at radius 2 is 2.00 bits per heavy atom. The van der Waals surface area contributed by atoms with Gasteiger partial charge in [-0.25, -0.2) is 0 Å². The summed E-state index contributed by atoms with van der Waals surface area (Å²) in [5.41, 5.74) is 0.0905. The van der Waals surface area contributed by atoms with Gasteiger partial charge in [-0.2, -0.15) is 13.2 Å². The summed E-state index contributed by atoms with van der Waals surface area (Å²) < 4.78 is 48.6. The highest BCUT2D eigenvalue weighted by Gasteiger charge is 2.29. The third kappa shape index (κ3) is 8.09. The maximum atomic E-state index is 12.5. The topological polar surface area (TPSA) is 54.9 Å². The first-order valence-electron chi connectivity index (χ1n) is 8.29. The first-order chi connectivity index (χ1) is 12.0. The van der Waals surface area contributed by atoms with Crippen molar-refractivity contribution in [3.8, 4) is 0 Å². The number of ether oxygens (including phenoxy) is 2. The van der Waals surface area contributed by atoms with Crippen LogP contribution in [0.15, 0.2) is 29.3 Å². The van der Waals surface area contributed by atoms with Crippen LogP contribution in [0.2, 0.25) is 0 Å². The fourth-order valence-electron chi connectivity index (χ4n) is 2.45. The van der Waals surface area contributed by atoms with Gasteiger partial charge in [0.1, 0.15) is 0 Å². The lowest BCUT2D eigenvalue weighted by molar-refractivity contribution is -0.137. The molecule has 0 radical (unpaired) electrons. The molecule has 1 aromatic rings. The SMILES string of the molecule is CN=C(NCCOCC1CCCO1)NCc1ccc(C(F)(F)F)cc1.I. The van der Waals surface area contributed by atoms with Crippen molar-refractivity contribution < 1.29 is 22.6 Å². The summed E-state index contributed by atoms with van der Waals surface area (Å²) in [5.74, 6) is 0.570. The zero-order valence-corrected chi connectivity index (χ0v) is 17.0. The van der Waals surface area contributed by atoms with E-state index in [0.29, 0.717) is 32.3 Å². The van der Waals surface area contributed by atoms with Crippen LogP contribution in [0.4, 0.5) is 13.2 Å². The molecule has 1 fully saturated rings. The van der Waals surface area contributed by atoms with E-state index in [1.54, 1.807) is 7.05 Å². The van der Waals surface area contributed by atoms with E-state index in [2.05, 4.69) is 15.6 Å². The van der Waals surface area contributed by atoms with Gasteiger partial charge in [0.2, 0.25) is 0 Å². The molecule has 1 unspecified atom stereocenters. The summed E-state index contributed by atoms with van der Waals surface area (Å²) in [6.07, 6.45) is -1.97. The minimum atomic E-state index is -4.31. The van der Waals surface area contributed by atoms with E-state index in [-0.39, 0.29) is 30.1 Å². The summed E-state index contributed by atoms with van der Waals surface area (Å²) in [4.78, 5) is 4.07. The highest BCUT2D eigenvalue weighted by atomic mass is 127. The Labute approximate surface area is 168 Å². The number of alkyl halides is 3. The molecule has 0 aromatic heterocycles. The van der Waals surface area contributed by atoms with Crippen molar-refractivity contribution in [3.63, 3.8) is 0 Å². The van der Waals surface area contributed by atoms with Crippen LogP contribution in [0.25, 0.3) is 0 Å². The van der Waals surface area contributed by atoms with Crippen LogP contribution in [-0.2, 0) is 22.2 Å². The molecule has 0 bridgehead atoms. The van der Waals surface area contributed by atoms with Crippen LogP contribution in [0.5, 0.6) is 0 Å². The van der Waals surface area contributed by atoms with Gasteiger partial charge in [0.25, 0.3) is 0 Å². The van der Waals surface area contributed by atoms with Crippen LogP contribution >= 0.6 is 24.0 Å². The average molecular weight is 487 g/mol. The zero-order chi connectivity index (χ0) is 18.1. The number of guanidine groups is 1. The number of halogens is 4. The average Bonchev–Trinajstić information content (AvgIpc) is 3.10. The van der Waals surface area contributed by atoms with Gasteiger partial charge in [-0.15, -0.1) is 24.0 Å². The predicted octanol–water partition coefficient (Wildman–Crippen LogP) is 3.18. The molecule has 1 saturated heterocycles. The molecule has 1 atom stereocenters. The molecule has 0 amide bonds. The highest BCUT2D eigenvalue weighted by molar-refractivity contribution is 14.0. The minimum absolute atomic E-state index is 0. The summed E-state index contributed by atoms with van der Waals surface area (Å²) in [7, 11) is 1.63. The molecule has 0 saturated carbocycles. The fourth-order valence-corrected chi connectivity index (χ4v) is 2.45. The molecule has 9 heteroatoms. The zero-order valence-electron chi connectivity index (χ0n) is 14.6. The molecular formula is C17H25F3IN3O2. The van der Waals surface area contributed by atoms with E-state index < -0.39 is 11.7 Å². The van der Waals surface area contributed by atoms with Crippen LogP contribution in [0.3, 0.4) is 0 Å². The number of rotatable bonds is 7. The van der Waals surface area contributed by atoms with Gasteiger partial charge in [-0.3, -0.25) is 4.99 Å². The molecule has 0 aliphatic carbocycles. The molecule has 1 heterocycles. The van der Waals surface area contributed by atoms with Crippen molar-refractivity contribution in [2.24, 2.45) is 4.99 Å². The number of nitrogens with one attached hydrogen (secondary N) is 2. The Bertz CT molecular complexity index is 547. The smallest absolute Gasteiger partial charge is 0.377 e. The molecule has 2 rings (SSSR count). The summed E-state index contributed by atoms with van der Waals surface area (Å²) in [6, 6.07) is 5.06. The standard InChI is InChI=1S/C17H24F3N3O2.HI/c1-21-16(22-8-10-24-12-15-3-2-9-25-15)23-11-13-4-6-14(7-5-13)17(18,19)20;/h4-7,15H,2-3,8-12H2,1H3,(H2,21,22,23);1H. The van der Waals surface area contributed by atoms with Gasteiger partial charge in [0.15, 0.2) is 5.96 Å². The quantitative estimate of drug-likeness (QED) is 0.269. The molecule has 0 spiro atoms. The Balaban J connectivity index is 0.00000338. The highest BCUT2D eigenvalue weighted by Crippen LogP contribution is 2.29. The van der Waals surface area contributed by atoms with Crippen LogP contribution in [0, 0.1) is 0 Å². The van der Waals surface area contributed by atoms with Crippen LogP contribution in [-0.4, -0.2) is 45.5 Å². The van der Waals surface area contributed by atoms with Crippen molar-refractivity contribution in [1.82, 2.24) is 10.6 Å². The van der Waals surface area contributed by atoms with Gasteiger partial charge in [-0.1, -0.05) is 12.1 Å². The first kappa shape index (κ1) is 23.0. The van der Waals surface area contributed by atoms with Crippen LogP contribution < -0.4 is 10.6 Å². The molecule has 5 nitrogen and oxygen atoms in total. The van der Waals surface area contributed by atoms with E-state index >= 15 is 0 Å². The summed E-state index contributed by atoms with van der Waals surface area (Å²) >= 11 is 0. The van der Waals surface area contributed by atoms with Gasteiger partial charge in [0, 0.05) is 26.7 Å². The normalized spacial score (nSPS) is 17.7. The molecule has 2 N–H and O–H groups in total. The first-order valence-corrected chi connectivity index (χ1v) is 8.29. The summed E-state index contributed by atoms with van der Waals surface area (Å²) in [6.45, 7) is 2.90. The number of benzene rings is 1. The fraction of sp³-hybridized carbons (Fsp3) is 0.588. The third-order valence-electron chi connectivity index (χ3n) is 3.83. The second-order valence-corrected chi connectivity index (χ2v) is 5.76. The van der Waals surface area contributed by atoms with Gasteiger partial charge in [0.05, 0.1) is 24.9 Å². The Morgan fingerprint density at radius 1 is 1.27 bits per heavy atom. The Morgan fingerprint density at radius 3 is 2.58 bits per heavy atom. The van der Waals surface area contributed by atoms with E-state index in [0.717, 1.165) is 37.1 Å². The van der Waals surface area contributed by atoms with E-state index in [1.165, 1.54) is 12.1 Å². The number of hydrogen-bond donors (Lipinski definition) is 2. The molecule has 148 valence electrons. The molecule has 1 aromatic carbocycles. The van der Waals surface area contributed by atoms with Crippen molar-refractivity contribution in [1.29, 1.82) is 0 Å². The van der Waals surface area contributed by atoms with E-state index in [1.807, 2.05) is 0 Å². The maximum Gasteiger partial charge on any atom is 0.416 e. The largest absolute Gasteiger partial charge is 0.416 e. The van der Waals surface area contributed by atoms with Gasteiger partial charge in [-0.05, 0) is 30.5 Å². The van der Waals surface area contributed by atoms with Gasteiger partial charge < -0.3 is 20.1 Å². The van der Waals surface area contributed by atoms with E-state index in [4.69, 9.17) is 9.47 Å². The van der Waals surface area contributed by atoms with Crippen LogP contribution in [0.1, 0.15) is 24.0 Å². The Kier molecular flexibility index (Phi) is 10.3. The number of aliphatic imine (C=N–C) groups is 1. The minimum Gasteiger partial charge on any atom is -0.377 e. The molecule has 26 heavy (non-hydrogen) atoms. The Hall–Kier alpha value is -1.07. The molecular weight excluding hydrogens is 462 g/mol. The van der Waals surface area contributed by atoms with Crippen molar-refractivity contribution in [2.45, 2.75) is 31.7 Å². The lowest BCUT2D eigenvalue weighted by Crippen LogP contribution is -2.38. The lowest BCUT2D eigenvalue weighted by atomic mass is 10.1. The lowest BCUT2D eigenvalue weighted by Gasteiger charge is -2.14. The number of hydrogen-bond acceptors (Lipinski definition) is 3. The van der Waals surface area contributed by atoms with E-state index in [9.17, 15) is 13.2 Å². The molecule has 1 aliphatic heterocycles. The summed E-state index contributed by atoms with van der Waals surface area (Å²) in [5, 5.41) is 6.15. The van der Waals surface area contributed by atoms with Crippen molar-refractivity contribution in [2.75, 3.05) is 33.4 Å². The second kappa shape index (κ2) is 11.6. The predicted molar refractivity (Wildman–Crippen MR) is 105 cm³/mol. The molecule has 1 aliphatic rings. The van der Waals surface area contributed by atoms with Crippen molar-refractivity contribution >= 4 is 29.9 Å².